The second-order valence-electron chi connectivity index (χ2n) is 4.39. The van der Waals surface area contributed by atoms with Crippen LogP contribution < -0.4 is 4.90 Å². The quantitative estimate of drug-likeness (QED) is 0.749. The van der Waals surface area contributed by atoms with Crippen LogP contribution in [0.1, 0.15) is 30.6 Å². The molecule has 2 atom stereocenters. The van der Waals surface area contributed by atoms with Gasteiger partial charge in [0.2, 0.25) is 0 Å². The van der Waals surface area contributed by atoms with Gasteiger partial charge < -0.3 is 9.64 Å². The van der Waals surface area contributed by atoms with Crippen molar-refractivity contribution in [2.75, 3.05) is 18.1 Å². The molecule has 4 heteroatoms. The minimum absolute atomic E-state index is 0.180. The Bertz CT molecular complexity index is 395. The third-order valence-electron chi connectivity index (χ3n) is 3.15. The van der Waals surface area contributed by atoms with Crippen LogP contribution >= 0.6 is 0 Å². The maximum atomic E-state index is 11.0. The van der Waals surface area contributed by atoms with Crippen LogP contribution in [0.15, 0.2) is 18.3 Å². The van der Waals surface area contributed by atoms with E-state index in [0.29, 0.717) is 18.2 Å². The van der Waals surface area contributed by atoms with Crippen molar-refractivity contribution < 1.29 is 9.53 Å². The fourth-order valence-electron chi connectivity index (χ4n) is 2.18. The molecule has 0 N–H and O–H groups in total. The Morgan fingerprint density at radius 3 is 3.18 bits per heavy atom. The number of nitrogens with zero attached hydrogens (tertiary/aromatic N) is 2. The van der Waals surface area contributed by atoms with E-state index in [0.717, 1.165) is 25.1 Å². The van der Waals surface area contributed by atoms with E-state index in [4.69, 9.17) is 4.74 Å². The van der Waals surface area contributed by atoms with Gasteiger partial charge in [-0.1, -0.05) is 6.92 Å². The average molecular weight is 234 g/mol. The topological polar surface area (TPSA) is 42.4 Å². The highest BCUT2D eigenvalue weighted by atomic mass is 16.5. The maximum absolute atomic E-state index is 11.0. The zero-order chi connectivity index (χ0) is 12.3. The molecule has 0 aliphatic carbocycles. The van der Waals surface area contributed by atoms with Gasteiger partial charge >= 0.3 is 0 Å². The molecule has 4 nitrogen and oxygen atoms in total. The largest absolute Gasteiger partial charge is 0.375 e. The van der Waals surface area contributed by atoms with Gasteiger partial charge in [0.15, 0.2) is 6.29 Å². The SMILES string of the molecule is CCC1COC(C)CN1c1ncccc1C=O. The molecule has 1 aliphatic rings. The van der Waals surface area contributed by atoms with Crippen LogP contribution in [0, 0.1) is 0 Å². The van der Waals surface area contributed by atoms with Crippen LogP contribution in [0.2, 0.25) is 0 Å². The van der Waals surface area contributed by atoms with Crippen molar-refractivity contribution in [2.45, 2.75) is 32.4 Å². The lowest BCUT2D eigenvalue weighted by Gasteiger charge is -2.39. The number of anilines is 1. The van der Waals surface area contributed by atoms with Crippen LogP contribution in [-0.4, -0.2) is 36.6 Å². The number of carbonyl (C=O) groups excluding carboxylic acids is 1. The predicted molar refractivity (Wildman–Crippen MR) is 66.5 cm³/mol. The third kappa shape index (κ3) is 2.47. The summed E-state index contributed by atoms with van der Waals surface area (Å²) in [7, 11) is 0. The molecule has 1 aliphatic heterocycles. The molecule has 1 fully saturated rings. The Balaban J connectivity index is 2.31. The zero-order valence-electron chi connectivity index (χ0n) is 10.3. The first-order chi connectivity index (χ1) is 8.26. The van der Waals surface area contributed by atoms with E-state index in [1.54, 1.807) is 12.3 Å². The van der Waals surface area contributed by atoms with Crippen molar-refractivity contribution in [1.29, 1.82) is 0 Å². The van der Waals surface area contributed by atoms with Crippen LogP contribution in [0.4, 0.5) is 5.82 Å². The summed E-state index contributed by atoms with van der Waals surface area (Å²) in [5, 5.41) is 0. The van der Waals surface area contributed by atoms with E-state index in [2.05, 4.69) is 16.8 Å². The molecule has 1 aromatic heterocycles. The molecule has 1 saturated heterocycles. The number of aromatic nitrogens is 1. The number of carbonyl (C=O) groups is 1. The molecule has 2 heterocycles. The third-order valence-corrected chi connectivity index (χ3v) is 3.15. The molecule has 2 unspecified atom stereocenters. The molecule has 1 aromatic rings. The van der Waals surface area contributed by atoms with Gasteiger partial charge in [0.05, 0.1) is 24.3 Å². The van der Waals surface area contributed by atoms with Crippen molar-refractivity contribution in [3.63, 3.8) is 0 Å². The maximum Gasteiger partial charge on any atom is 0.153 e. The number of rotatable bonds is 3. The Hall–Kier alpha value is -1.42. The highest BCUT2D eigenvalue weighted by Gasteiger charge is 2.27. The van der Waals surface area contributed by atoms with E-state index >= 15 is 0 Å². The van der Waals surface area contributed by atoms with Gasteiger partial charge in [0.25, 0.3) is 0 Å². The number of hydrogen-bond donors (Lipinski definition) is 0. The molecule has 17 heavy (non-hydrogen) atoms. The van der Waals surface area contributed by atoms with Crippen molar-refractivity contribution in [3.05, 3.63) is 23.9 Å². The van der Waals surface area contributed by atoms with E-state index in [9.17, 15) is 4.79 Å². The summed E-state index contributed by atoms with van der Waals surface area (Å²) < 4.78 is 5.65. The van der Waals surface area contributed by atoms with Gasteiger partial charge in [-0.15, -0.1) is 0 Å². The van der Waals surface area contributed by atoms with Gasteiger partial charge in [-0.05, 0) is 25.5 Å². The monoisotopic (exact) mass is 234 g/mol. The molecule has 92 valence electrons. The van der Waals surface area contributed by atoms with Crippen LogP contribution in [0.25, 0.3) is 0 Å². The molecule has 0 amide bonds. The highest BCUT2D eigenvalue weighted by molar-refractivity contribution is 5.82. The number of morpholine rings is 1. The summed E-state index contributed by atoms with van der Waals surface area (Å²) in [6.07, 6.45) is 3.77. The molecular weight excluding hydrogens is 216 g/mol. The minimum atomic E-state index is 0.180. The Morgan fingerprint density at radius 2 is 2.47 bits per heavy atom. The van der Waals surface area contributed by atoms with Gasteiger partial charge in [-0.25, -0.2) is 4.98 Å². The van der Waals surface area contributed by atoms with Crippen molar-refractivity contribution >= 4 is 12.1 Å². The normalized spacial score (nSPS) is 24.7. The van der Waals surface area contributed by atoms with Gasteiger partial charge in [-0.2, -0.15) is 0 Å². The van der Waals surface area contributed by atoms with E-state index in [1.807, 2.05) is 13.0 Å². The molecule has 0 radical (unpaired) electrons. The van der Waals surface area contributed by atoms with Crippen LogP contribution in [0.5, 0.6) is 0 Å². The second-order valence-corrected chi connectivity index (χ2v) is 4.39. The van der Waals surface area contributed by atoms with E-state index < -0.39 is 0 Å². The summed E-state index contributed by atoms with van der Waals surface area (Å²) >= 11 is 0. The summed E-state index contributed by atoms with van der Waals surface area (Å²) in [6, 6.07) is 3.90. The van der Waals surface area contributed by atoms with Gasteiger partial charge in [0.1, 0.15) is 5.82 Å². The average Bonchev–Trinajstić information content (AvgIpc) is 2.38. The Labute approximate surface area is 102 Å². The number of pyridine rings is 1. The van der Waals surface area contributed by atoms with E-state index in [1.165, 1.54) is 0 Å². The molecule has 0 spiro atoms. The first kappa shape index (κ1) is 12.0. The first-order valence-corrected chi connectivity index (χ1v) is 6.04. The highest BCUT2D eigenvalue weighted by Crippen LogP contribution is 2.23. The van der Waals surface area contributed by atoms with Crippen LogP contribution in [-0.2, 0) is 4.74 Å². The molecule has 0 aromatic carbocycles. The Kier molecular flexibility index (Phi) is 3.74. The van der Waals surface area contributed by atoms with Gasteiger partial charge in [0, 0.05) is 12.7 Å². The van der Waals surface area contributed by atoms with Crippen molar-refractivity contribution in [1.82, 2.24) is 4.98 Å². The lowest BCUT2D eigenvalue weighted by molar-refractivity contribution is 0.0295. The number of ether oxygens (including phenoxy) is 1. The molecular formula is C13H18N2O2. The predicted octanol–water partition coefficient (Wildman–Crippen LogP) is 1.90. The molecule has 0 bridgehead atoms. The summed E-state index contributed by atoms with van der Waals surface area (Å²) in [4.78, 5) is 17.6. The summed E-state index contributed by atoms with van der Waals surface area (Å²) in [6.45, 7) is 5.66. The summed E-state index contributed by atoms with van der Waals surface area (Å²) in [5.41, 5.74) is 0.653. The van der Waals surface area contributed by atoms with Crippen molar-refractivity contribution in [3.8, 4) is 0 Å². The lowest BCUT2D eigenvalue weighted by Crippen LogP contribution is -2.49. The first-order valence-electron chi connectivity index (χ1n) is 6.04. The van der Waals surface area contributed by atoms with Crippen LogP contribution in [0.3, 0.4) is 0 Å². The van der Waals surface area contributed by atoms with E-state index in [-0.39, 0.29) is 6.10 Å². The Morgan fingerprint density at radius 1 is 1.65 bits per heavy atom. The second kappa shape index (κ2) is 5.27. The fraction of sp³-hybridized carbons (Fsp3) is 0.538. The molecule has 2 rings (SSSR count). The number of aldehydes is 1. The smallest absolute Gasteiger partial charge is 0.153 e. The van der Waals surface area contributed by atoms with Gasteiger partial charge in [-0.3, -0.25) is 4.79 Å². The zero-order valence-corrected chi connectivity index (χ0v) is 10.3. The fourth-order valence-corrected chi connectivity index (χ4v) is 2.18. The number of hydrogen-bond acceptors (Lipinski definition) is 4. The summed E-state index contributed by atoms with van der Waals surface area (Å²) in [5.74, 6) is 0.782. The molecule has 0 saturated carbocycles. The minimum Gasteiger partial charge on any atom is -0.375 e. The lowest BCUT2D eigenvalue weighted by atomic mass is 10.1. The van der Waals surface area contributed by atoms with Crippen molar-refractivity contribution in [2.24, 2.45) is 0 Å². The standard InChI is InChI=1S/C13H18N2O2/c1-3-12-9-17-10(2)7-15(12)13-11(8-16)5-4-6-14-13/h4-6,8,10,12H,3,7,9H2,1-2H3.